The number of ketones is 1. The zero-order valence-electron chi connectivity index (χ0n) is 45.7. The Hall–Kier alpha value is -5.60. The molecular formula is C55H75N7O14S2. The van der Waals surface area contributed by atoms with Gasteiger partial charge >= 0.3 is 0 Å². The van der Waals surface area contributed by atoms with Crippen LogP contribution in [-0.4, -0.2) is 162 Å². The van der Waals surface area contributed by atoms with Crippen molar-refractivity contribution in [2.75, 3.05) is 66.7 Å². The number of Topliss-reactive ketones (excluding diaryl/α,β-unsaturated/α-hetero) is 1. The lowest BCUT2D eigenvalue weighted by molar-refractivity contribution is -0.194. The van der Waals surface area contributed by atoms with Gasteiger partial charge in [0.05, 0.1) is 57.6 Å². The summed E-state index contributed by atoms with van der Waals surface area (Å²) in [4.78, 5) is 94.3. The van der Waals surface area contributed by atoms with E-state index in [0.29, 0.717) is 0 Å². The van der Waals surface area contributed by atoms with Crippen LogP contribution in [0.2, 0.25) is 0 Å². The standard InChI is InChI=1S/C55H75N7O14S2/c1-34-47(77-28-58-34)38-13-9-36(10-14-38)22-56-50(67)44-20-40(63)24-61(44)52(69)43(54(3,4)5)19-42(65)26-71-17-18-72-30-74-32-76-33-75-31-73-27-46(66)60-49(55(6,7)8)53(70)62-25-41(64)21-45(62)51(68)57-23-37-11-15-39(16-12-37)48-35(2)59-29-78-48/h9-16,28-29,40-41,43-45,49,63-64H,17-27,30-33H2,1-8H3,(H,56,67)(H,57,68)(H,60,66)/t40-,41-,43+,44-,45-,49+/m0/s1. The highest BCUT2D eigenvalue weighted by atomic mass is 32.1. The van der Waals surface area contributed by atoms with Gasteiger partial charge in [0, 0.05) is 51.4 Å². The van der Waals surface area contributed by atoms with Gasteiger partial charge in [0.25, 0.3) is 0 Å². The second kappa shape index (κ2) is 29.0. The lowest BCUT2D eigenvalue weighted by Gasteiger charge is -2.35. The number of aryl methyl sites for hydroxylation is 2. The number of carbonyl (C=O) groups excluding carboxylic acids is 6. The van der Waals surface area contributed by atoms with E-state index in [-0.39, 0.29) is 110 Å². The van der Waals surface area contributed by atoms with Gasteiger partial charge in [-0.2, -0.15) is 0 Å². The maximum Gasteiger partial charge on any atom is 0.246 e. The van der Waals surface area contributed by atoms with Crippen LogP contribution in [0.15, 0.2) is 59.6 Å². The normalized spacial score (nSPS) is 18.4. The molecule has 0 bridgehead atoms. The maximum absolute atomic E-state index is 14.0. The van der Waals surface area contributed by atoms with Gasteiger partial charge < -0.3 is 64.4 Å². The SMILES string of the molecule is Cc1ncsc1-c1ccc(CNC(=O)[C@@H]2C[C@H](O)CN2C(=O)[C@@H](CC(=O)COCCOCOCOCOCOCC(=O)N[C@H](C(=O)N2C[C@@H](O)C[C@H]2C(=O)NCc2ccc(-c3scnc3C)cc2)C(C)(C)C)C(C)(C)C)cc1. The minimum atomic E-state index is -1.03. The fourth-order valence-corrected chi connectivity index (χ4v) is 10.7. The summed E-state index contributed by atoms with van der Waals surface area (Å²) in [5.41, 5.74) is 7.92. The van der Waals surface area contributed by atoms with Crippen molar-refractivity contribution in [2.45, 2.75) is 118 Å². The summed E-state index contributed by atoms with van der Waals surface area (Å²) in [7, 11) is 0. The smallest absolute Gasteiger partial charge is 0.246 e. The summed E-state index contributed by atoms with van der Waals surface area (Å²) in [5, 5.41) is 29.7. The fourth-order valence-electron chi connectivity index (χ4n) is 9.03. The van der Waals surface area contributed by atoms with Crippen LogP contribution in [0.25, 0.3) is 20.9 Å². The molecule has 78 heavy (non-hydrogen) atoms. The van der Waals surface area contributed by atoms with E-state index < -0.39 is 71.4 Å². The van der Waals surface area contributed by atoms with Crippen LogP contribution >= 0.6 is 22.7 Å². The minimum absolute atomic E-state index is 0.0132. The quantitative estimate of drug-likeness (QED) is 0.0388. The molecule has 2 aliphatic rings. The number of β-amino-alcohol motifs (C(OH)–C–C–N with tert-alkyl or cyclic N) is 2. The molecule has 2 aromatic heterocycles. The molecule has 21 nitrogen and oxygen atoms in total. The average Bonchev–Trinajstić information content (AvgIpc) is 4.27. The zero-order chi connectivity index (χ0) is 56.6. The van der Waals surface area contributed by atoms with Crippen LogP contribution in [0.1, 0.15) is 83.3 Å². The van der Waals surface area contributed by atoms with Crippen molar-refractivity contribution in [3.8, 4) is 20.9 Å². The number of thiazole rings is 2. The molecule has 6 rings (SSSR count). The van der Waals surface area contributed by atoms with Crippen LogP contribution in [0.4, 0.5) is 0 Å². The van der Waals surface area contributed by atoms with Gasteiger partial charge in [0.2, 0.25) is 29.5 Å². The molecule has 2 fully saturated rings. The molecular weight excluding hydrogens is 1050 g/mol. The summed E-state index contributed by atoms with van der Waals surface area (Å²) < 4.78 is 32.0. The van der Waals surface area contributed by atoms with E-state index in [1.165, 1.54) is 9.80 Å². The number of hydrogen-bond acceptors (Lipinski definition) is 18. The monoisotopic (exact) mass is 1120 g/mol. The third-order valence-corrected chi connectivity index (χ3v) is 15.3. The summed E-state index contributed by atoms with van der Waals surface area (Å²) in [6.45, 7) is 13.8. The number of nitrogens with one attached hydrogen (secondary N) is 3. The summed E-state index contributed by atoms with van der Waals surface area (Å²) in [5.74, 6) is -3.32. The van der Waals surface area contributed by atoms with E-state index in [2.05, 4.69) is 25.9 Å². The Kier molecular flexibility index (Phi) is 22.9. The largest absolute Gasteiger partial charge is 0.391 e. The molecule has 5 N–H and O–H groups in total. The highest BCUT2D eigenvalue weighted by molar-refractivity contribution is 7.13. The molecule has 6 atom stereocenters. The van der Waals surface area contributed by atoms with Crippen molar-refractivity contribution in [3.05, 3.63) is 82.1 Å². The molecule has 4 heterocycles. The molecule has 5 amide bonds. The molecule has 23 heteroatoms. The molecule has 426 valence electrons. The van der Waals surface area contributed by atoms with Crippen molar-refractivity contribution >= 4 is 58.0 Å². The molecule has 0 radical (unpaired) electrons. The number of aromatic nitrogens is 2. The lowest BCUT2D eigenvalue weighted by atomic mass is 9.77. The maximum atomic E-state index is 14.0. The van der Waals surface area contributed by atoms with Crippen molar-refractivity contribution < 1.29 is 67.4 Å². The van der Waals surface area contributed by atoms with Crippen molar-refractivity contribution in [1.82, 2.24) is 35.7 Å². The topological polar surface area (TPSA) is 267 Å². The van der Waals surface area contributed by atoms with E-state index in [0.717, 1.165) is 43.4 Å². The zero-order valence-corrected chi connectivity index (χ0v) is 47.4. The molecule has 2 saturated heterocycles. The number of ether oxygens (including phenoxy) is 6. The van der Waals surface area contributed by atoms with Crippen molar-refractivity contribution in [3.63, 3.8) is 0 Å². The highest BCUT2D eigenvalue weighted by Crippen LogP contribution is 2.34. The van der Waals surface area contributed by atoms with Crippen molar-refractivity contribution in [1.29, 1.82) is 0 Å². The number of carbonyl (C=O) groups is 6. The number of benzene rings is 2. The molecule has 0 spiro atoms. The third kappa shape index (κ3) is 18.0. The predicted octanol–water partition coefficient (Wildman–Crippen LogP) is 4.49. The minimum Gasteiger partial charge on any atom is -0.391 e. The van der Waals surface area contributed by atoms with Gasteiger partial charge in [0.1, 0.15) is 44.9 Å². The summed E-state index contributed by atoms with van der Waals surface area (Å²) in [6, 6.07) is 12.8. The van der Waals surface area contributed by atoms with Gasteiger partial charge in [-0.1, -0.05) is 90.1 Å². The lowest BCUT2D eigenvalue weighted by Crippen LogP contribution is -2.58. The van der Waals surface area contributed by atoms with Crippen LogP contribution < -0.4 is 16.0 Å². The number of aliphatic hydroxyl groups excluding tert-OH is 2. The predicted molar refractivity (Wildman–Crippen MR) is 290 cm³/mol. The second-order valence-corrected chi connectivity index (χ2v) is 23.3. The molecule has 2 aromatic carbocycles. The third-order valence-electron chi connectivity index (χ3n) is 13.3. The molecule has 0 unspecified atom stereocenters. The van der Waals surface area contributed by atoms with E-state index in [9.17, 15) is 39.0 Å². The van der Waals surface area contributed by atoms with Gasteiger partial charge in [-0.15, -0.1) is 22.7 Å². The van der Waals surface area contributed by atoms with E-state index in [1.54, 1.807) is 54.5 Å². The van der Waals surface area contributed by atoms with E-state index in [4.69, 9.17) is 28.4 Å². The molecule has 2 aliphatic heterocycles. The summed E-state index contributed by atoms with van der Waals surface area (Å²) in [6.07, 6.45) is -1.75. The first-order valence-electron chi connectivity index (χ1n) is 25.9. The Morgan fingerprint density at radius 2 is 1.06 bits per heavy atom. The molecule has 4 aromatic rings. The van der Waals surface area contributed by atoms with Crippen molar-refractivity contribution in [2.24, 2.45) is 16.7 Å². The van der Waals surface area contributed by atoms with Crippen LogP contribution in [-0.2, 0) is 70.3 Å². The fraction of sp³-hybridized carbons (Fsp3) is 0.564. The van der Waals surface area contributed by atoms with Gasteiger partial charge in [-0.25, -0.2) is 9.97 Å². The Morgan fingerprint density at radius 3 is 1.51 bits per heavy atom. The Bertz CT molecular complexity index is 2440. The first kappa shape index (κ1) is 61.6. The van der Waals surface area contributed by atoms with E-state index >= 15 is 0 Å². The van der Waals surface area contributed by atoms with Gasteiger partial charge in [0.15, 0.2) is 19.4 Å². The molecule has 0 aliphatic carbocycles. The van der Waals surface area contributed by atoms with E-state index in [1.807, 2.05) is 83.1 Å². The number of likely N-dealkylation sites (tertiary alicyclic amines) is 2. The Labute approximate surface area is 463 Å². The number of amides is 5. The number of aliphatic hydroxyl groups is 2. The second-order valence-electron chi connectivity index (χ2n) is 21.6. The summed E-state index contributed by atoms with van der Waals surface area (Å²) >= 11 is 3.12. The highest BCUT2D eigenvalue weighted by Gasteiger charge is 2.46. The average molecular weight is 1120 g/mol. The number of nitrogens with zero attached hydrogens (tertiary/aromatic N) is 4. The number of rotatable bonds is 28. The van der Waals surface area contributed by atoms with Crippen LogP contribution in [0.3, 0.4) is 0 Å². The number of hydrogen-bond donors (Lipinski definition) is 5. The van der Waals surface area contributed by atoms with Crippen LogP contribution in [0, 0.1) is 30.6 Å². The Balaban J connectivity index is 0.806. The Morgan fingerprint density at radius 1 is 0.615 bits per heavy atom. The van der Waals surface area contributed by atoms with Crippen LogP contribution in [0.5, 0.6) is 0 Å². The first-order valence-corrected chi connectivity index (χ1v) is 27.6. The van der Waals surface area contributed by atoms with Gasteiger partial charge in [-0.05, 0) is 46.9 Å². The van der Waals surface area contributed by atoms with Gasteiger partial charge in [-0.3, -0.25) is 28.8 Å². The first-order chi connectivity index (χ1) is 37.1. The molecule has 0 saturated carbocycles.